The Bertz CT molecular complexity index is 656. The molecule has 5 heteroatoms. The second-order valence-electron chi connectivity index (χ2n) is 5.43. The molecular formula is C19H24N4O. The third kappa shape index (κ3) is 5.76. The van der Waals surface area contributed by atoms with E-state index in [1.807, 2.05) is 67.4 Å². The minimum Gasteiger partial charge on any atom is -0.357 e. The average Bonchev–Trinajstić information content (AvgIpc) is 2.60. The first-order valence-corrected chi connectivity index (χ1v) is 8.07. The highest BCUT2D eigenvalue weighted by Gasteiger charge is 2.08. The zero-order valence-electron chi connectivity index (χ0n) is 14.2. The lowest BCUT2D eigenvalue weighted by atomic mass is 10.2. The molecule has 0 unspecified atom stereocenters. The lowest BCUT2D eigenvalue weighted by Gasteiger charge is -2.22. The Kier molecular flexibility index (Phi) is 6.83. The molecule has 0 radical (unpaired) electrons. The molecule has 2 rings (SSSR count). The van der Waals surface area contributed by atoms with Gasteiger partial charge in [0.2, 0.25) is 5.91 Å². The van der Waals surface area contributed by atoms with Crippen molar-refractivity contribution in [2.75, 3.05) is 25.5 Å². The molecule has 24 heavy (non-hydrogen) atoms. The van der Waals surface area contributed by atoms with E-state index >= 15 is 0 Å². The molecule has 0 aliphatic rings. The Labute approximate surface area is 143 Å². The molecule has 5 nitrogen and oxygen atoms in total. The van der Waals surface area contributed by atoms with Gasteiger partial charge in [0.25, 0.3) is 0 Å². The first-order chi connectivity index (χ1) is 11.7. The van der Waals surface area contributed by atoms with Crippen LogP contribution >= 0.6 is 0 Å². The minimum atomic E-state index is -0.135. The van der Waals surface area contributed by atoms with E-state index in [1.165, 1.54) is 5.56 Å². The maximum Gasteiger partial charge on any atom is 0.246 e. The summed E-state index contributed by atoms with van der Waals surface area (Å²) in [5.41, 5.74) is 1.97. The molecule has 0 aliphatic carbocycles. The molecule has 2 N–H and O–H groups in total. The van der Waals surface area contributed by atoms with Gasteiger partial charge in [0.05, 0.1) is 0 Å². The number of nitrogens with zero attached hydrogens (tertiary/aromatic N) is 2. The van der Waals surface area contributed by atoms with E-state index < -0.39 is 0 Å². The first-order valence-electron chi connectivity index (χ1n) is 8.07. The average molecular weight is 324 g/mol. The van der Waals surface area contributed by atoms with Gasteiger partial charge in [-0.05, 0) is 24.6 Å². The number of benzene rings is 2. The summed E-state index contributed by atoms with van der Waals surface area (Å²) in [6.45, 7) is 3.57. The second-order valence-corrected chi connectivity index (χ2v) is 5.43. The van der Waals surface area contributed by atoms with Gasteiger partial charge in [-0.25, -0.2) is 4.99 Å². The number of carbonyl (C=O) groups excluding carboxylic acids is 1. The molecule has 0 saturated carbocycles. The molecule has 0 saturated heterocycles. The fourth-order valence-corrected chi connectivity index (χ4v) is 2.27. The molecule has 0 atom stereocenters. The summed E-state index contributed by atoms with van der Waals surface area (Å²) in [6, 6.07) is 19.6. The highest BCUT2D eigenvalue weighted by Crippen LogP contribution is 2.05. The molecular weight excluding hydrogens is 300 g/mol. The van der Waals surface area contributed by atoms with Crippen LogP contribution in [0.1, 0.15) is 12.5 Å². The largest absolute Gasteiger partial charge is 0.357 e. The summed E-state index contributed by atoms with van der Waals surface area (Å²) in [7, 11) is 1.96. The summed E-state index contributed by atoms with van der Waals surface area (Å²) >= 11 is 0. The molecule has 0 fully saturated rings. The number of guanidine groups is 1. The quantitative estimate of drug-likeness (QED) is 0.634. The van der Waals surface area contributed by atoms with Gasteiger partial charge in [-0.2, -0.15) is 0 Å². The standard InChI is InChI=1S/C19H24N4O/c1-3-20-19(23(2)15-16-10-6-4-7-11-16)21-14-18(24)22-17-12-8-5-9-13-17/h4-13H,3,14-15H2,1-2H3,(H,20,21)(H,22,24). The van der Waals surface area contributed by atoms with Crippen LogP contribution in [-0.4, -0.2) is 36.9 Å². The third-order valence-electron chi connectivity index (χ3n) is 3.39. The molecule has 2 aromatic rings. The summed E-state index contributed by atoms with van der Waals surface area (Å²) < 4.78 is 0. The molecule has 0 bridgehead atoms. The van der Waals surface area contributed by atoms with Crippen LogP contribution in [0.15, 0.2) is 65.7 Å². The fourth-order valence-electron chi connectivity index (χ4n) is 2.27. The molecule has 0 heterocycles. The number of amides is 1. The van der Waals surface area contributed by atoms with Gasteiger partial charge < -0.3 is 15.5 Å². The van der Waals surface area contributed by atoms with Gasteiger partial charge >= 0.3 is 0 Å². The van der Waals surface area contributed by atoms with Crippen molar-refractivity contribution in [3.05, 3.63) is 66.2 Å². The molecule has 0 aliphatic heterocycles. The summed E-state index contributed by atoms with van der Waals surface area (Å²) in [5, 5.41) is 6.05. The monoisotopic (exact) mass is 324 g/mol. The third-order valence-corrected chi connectivity index (χ3v) is 3.39. The Morgan fingerprint density at radius 2 is 1.67 bits per heavy atom. The van der Waals surface area contributed by atoms with Crippen LogP contribution in [-0.2, 0) is 11.3 Å². The first kappa shape index (κ1) is 17.5. The van der Waals surface area contributed by atoms with E-state index in [0.29, 0.717) is 5.96 Å². The molecule has 0 aromatic heterocycles. The Balaban J connectivity index is 1.95. The van der Waals surface area contributed by atoms with Crippen molar-refractivity contribution in [2.24, 2.45) is 4.99 Å². The van der Waals surface area contributed by atoms with Crippen LogP contribution < -0.4 is 10.6 Å². The summed E-state index contributed by atoms with van der Waals surface area (Å²) in [4.78, 5) is 18.5. The number of aliphatic imine (C=N–C) groups is 1. The minimum absolute atomic E-state index is 0.0797. The van der Waals surface area contributed by atoms with Crippen molar-refractivity contribution in [3.8, 4) is 0 Å². The van der Waals surface area contributed by atoms with Gasteiger partial charge in [0.15, 0.2) is 5.96 Å². The number of hydrogen-bond acceptors (Lipinski definition) is 2. The van der Waals surface area contributed by atoms with Crippen LogP contribution in [0, 0.1) is 0 Å². The smallest absolute Gasteiger partial charge is 0.246 e. The lowest BCUT2D eigenvalue weighted by Crippen LogP contribution is -2.39. The van der Waals surface area contributed by atoms with E-state index in [2.05, 4.69) is 27.8 Å². The molecule has 2 aromatic carbocycles. The van der Waals surface area contributed by atoms with E-state index in [0.717, 1.165) is 18.8 Å². The van der Waals surface area contributed by atoms with Gasteiger partial charge in [-0.3, -0.25) is 4.79 Å². The molecule has 126 valence electrons. The van der Waals surface area contributed by atoms with Crippen molar-refractivity contribution in [2.45, 2.75) is 13.5 Å². The molecule has 0 spiro atoms. The van der Waals surface area contributed by atoms with Crippen molar-refractivity contribution in [1.82, 2.24) is 10.2 Å². The van der Waals surface area contributed by atoms with E-state index in [9.17, 15) is 4.79 Å². The van der Waals surface area contributed by atoms with E-state index in [4.69, 9.17) is 0 Å². The van der Waals surface area contributed by atoms with Crippen LogP contribution in [0.25, 0.3) is 0 Å². The zero-order valence-corrected chi connectivity index (χ0v) is 14.2. The number of para-hydroxylation sites is 1. The maximum absolute atomic E-state index is 12.0. The predicted molar refractivity (Wildman–Crippen MR) is 99.0 cm³/mol. The normalized spacial score (nSPS) is 11.0. The van der Waals surface area contributed by atoms with Crippen LogP contribution in [0.2, 0.25) is 0 Å². The Morgan fingerprint density at radius 1 is 1.04 bits per heavy atom. The number of carbonyl (C=O) groups is 1. The SMILES string of the molecule is CCNC(=NCC(=O)Nc1ccccc1)N(C)Cc1ccccc1. The van der Waals surface area contributed by atoms with Crippen LogP contribution in [0.5, 0.6) is 0 Å². The number of hydrogen-bond donors (Lipinski definition) is 2. The Hall–Kier alpha value is -2.82. The number of nitrogens with one attached hydrogen (secondary N) is 2. The number of rotatable bonds is 6. The van der Waals surface area contributed by atoms with Crippen LogP contribution in [0.4, 0.5) is 5.69 Å². The van der Waals surface area contributed by atoms with Crippen molar-refractivity contribution in [3.63, 3.8) is 0 Å². The van der Waals surface area contributed by atoms with Crippen molar-refractivity contribution in [1.29, 1.82) is 0 Å². The van der Waals surface area contributed by atoms with Gasteiger partial charge in [-0.15, -0.1) is 0 Å². The van der Waals surface area contributed by atoms with Crippen molar-refractivity contribution >= 4 is 17.6 Å². The van der Waals surface area contributed by atoms with Gasteiger partial charge in [0.1, 0.15) is 6.54 Å². The highest BCUT2D eigenvalue weighted by molar-refractivity contribution is 5.94. The van der Waals surface area contributed by atoms with Crippen molar-refractivity contribution < 1.29 is 4.79 Å². The highest BCUT2D eigenvalue weighted by atomic mass is 16.1. The Morgan fingerprint density at radius 3 is 2.29 bits per heavy atom. The maximum atomic E-state index is 12.0. The second kappa shape index (κ2) is 9.35. The molecule has 1 amide bonds. The topological polar surface area (TPSA) is 56.7 Å². The fraction of sp³-hybridized carbons (Fsp3) is 0.263. The van der Waals surface area contributed by atoms with Gasteiger partial charge in [0, 0.05) is 25.8 Å². The summed E-state index contributed by atoms with van der Waals surface area (Å²) in [6.07, 6.45) is 0. The van der Waals surface area contributed by atoms with E-state index in [1.54, 1.807) is 0 Å². The van der Waals surface area contributed by atoms with E-state index in [-0.39, 0.29) is 12.5 Å². The predicted octanol–water partition coefficient (Wildman–Crippen LogP) is 2.72. The number of anilines is 1. The zero-order chi connectivity index (χ0) is 17.2. The lowest BCUT2D eigenvalue weighted by molar-refractivity contribution is -0.114. The van der Waals surface area contributed by atoms with Gasteiger partial charge in [-0.1, -0.05) is 48.5 Å². The van der Waals surface area contributed by atoms with Crippen LogP contribution in [0.3, 0.4) is 0 Å². The summed E-state index contributed by atoms with van der Waals surface area (Å²) in [5.74, 6) is 0.578.